The van der Waals surface area contributed by atoms with Crippen LogP contribution in [0.2, 0.25) is 0 Å². The molecule has 4 N–H and O–H groups in total. The lowest BCUT2D eigenvalue weighted by Crippen LogP contribution is -2.37. The number of urea groups is 1. The normalized spacial score (nSPS) is 10.1. The zero-order valence-electron chi connectivity index (χ0n) is 9.37. The molecule has 1 aromatic rings. The van der Waals surface area contributed by atoms with Crippen LogP contribution >= 0.6 is 11.3 Å². The third kappa shape index (κ3) is 5.72. The van der Waals surface area contributed by atoms with Gasteiger partial charge in [-0.05, 0) is 37.3 Å². The molecule has 16 heavy (non-hydrogen) atoms. The summed E-state index contributed by atoms with van der Waals surface area (Å²) < 4.78 is 0. The van der Waals surface area contributed by atoms with Gasteiger partial charge in [0, 0.05) is 18.0 Å². The molecule has 0 saturated heterocycles. The summed E-state index contributed by atoms with van der Waals surface area (Å²) in [5.41, 5.74) is 5.35. The van der Waals surface area contributed by atoms with Gasteiger partial charge in [0.2, 0.25) is 0 Å². The summed E-state index contributed by atoms with van der Waals surface area (Å²) in [6, 6.07) is 4.01. The molecule has 2 amide bonds. The zero-order chi connectivity index (χ0) is 11.6. The first kappa shape index (κ1) is 13.0. The molecule has 0 spiro atoms. The molecule has 0 saturated carbocycles. The van der Waals surface area contributed by atoms with E-state index in [4.69, 9.17) is 5.73 Å². The van der Waals surface area contributed by atoms with Gasteiger partial charge in [0.25, 0.3) is 0 Å². The second-order valence-electron chi connectivity index (χ2n) is 3.51. The Morgan fingerprint density at radius 1 is 1.31 bits per heavy atom. The number of amides is 2. The minimum Gasteiger partial charge on any atom is -0.338 e. The Morgan fingerprint density at radius 2 is 2.12 bits per heavy atom. The van der Waals surface area contributed by atoms with Crippen LogP contribution < -0.4 is 16.4 Å². The highest BCUT2D eigenvalue weighted by atomic mass is 32.1. The molecule has 0 aliphatic heterocycles. The standard InChI is InChI=1S/C11H19N3OS/c12-6-1-2-7-13-11(15)14-8-5-10-4-3-9-16-10/h3-4,9H,1-2,5-8,12H2,(H2,13,14,15). The maximum Gasteiger partial charge on any atom is 0.314 e. The van der Waals surface area contributed by atoms with Gasteiger partial charge in [-0.3, -0.25) is 0 Å². The molecular formula is C11H19N3OS. The number of nitrogens with two attached hydrogens (primary N) is 1. The third-order valence-corrected chi connectivity index (χ3v) is 3.09. The summed E-state index contributed by atoms with van der Waals surface area (Å²) in [6.45, 7) is 2.06. The van der Waals surface area contributed by atoms with E-state index in [2.05, 4.69) is 16.7 Å². The van der Waals surface area contributed by atoms with Gasteiger partial charge in [-0.25, -0.2) is 4.79 Å². The Hall–Kier alpha value is -1.07. The van der Waals surface area contributed by atoms with E-state index in [9.17, 15) is 4.79 Å². The van der Waals surface area contributed by atoms with E-state index in [1.54, 1.807) is 11.3 Å². The molecular weight excluding hydrogens is 222 g/mol. The Balaban J connectivity index is 1.98. The van der Waals surface area contributed by atoms with Crippen molar-refractivity contribution >= 4 is 17.4 Å². The number of carbonyl (C=O) groups is 1. The van der Waals surface area contributed by atoms with Gasteiger partial charge in [0.15, 0.2) is 0 Å². The van der Waals surface area contributed by atoms with E-state index in [0.717, 1.165) is 19.3 Å². The lowest BCUT2D eigenvalue weighted by atomic mass is 10.3. The first-order chi connectivity index (χ1) is 7.83. The number of hydrogen-bond donors (Lipinski definition) is 3. The van der Waals surface area contributed by atoms with Crippen LogP contribution in [0.1, 0.15) is 17.7 Å². The monoisotopic (exact) mass is 241 g/mol. The lowest BCUT2D eigenvalue weighted by molar-refractivity contribution is 0.241. The predicted octanol–water partition coefficient (Wildman–Crippen LogP) is 1.33. The predicted molar refractivity (Wildman–Crippen MR) is 67.7 cm³/mol. The molecule has 0 atom stereocenters. The molecule has 0 fully saturated rings. The van der Waals surface area contributed by atoms with Gasteiger partial charge in [-0.1, -0.05) is 6.07 Å². The molecule has 0 bridgehead atoms. The van der Waals surface area contributed by atoms with Crippen molar-refractivity contribution in [3.63, 3.8) is 0 Å². The average molecular weight is 241 g/mol. The van der Waals surface area contributed by atoms with E-state index in [0.29, 0.717) is 19.6 Å². The van der Waals surface area contributed by atoms with Crippen LogP contribution in [-0.4, -0.2) is 25.7 Å². The van der Waals surface area contributed by atoms with Crippen molar-refractivity contribution in [1.29, 1.82) is 0 Å². The van der Waals surface area contributed by atoms with Crippen LogP contribution in [0, 0.1) is 0 Å². The average Bonchev–Trinajstić information content (AvgIpc) is 2.77. The molecule has 0 aliphatic carbocycles. The number of hydrogen-bond acceptors (Lipinski definition) is 3. The van der Waals surface area contributed by atoms with Crippen molar-refractivity contribution in [2.45, 2.75) is 19.3 Å². The van der Waals surface area contributed by atoms with E-state index in [1.165, 1.54) is 4.88 Å². The number of carbonyl (C=O) groups excluding carboxylic acids is 1. The van der Waals surface area contributed by atoms with Crippen LogP contribution in [-0.2, 0) is 6.42 Å². The fourth-order valence-corrected chi connectivity index (χ4v) is 2.00. The van der Waals surface area contributed by atoms with Crippen LogP contribution in [0.25, 0.3) is 0 Å². The fourth-order valence-electron chi connectivity index (χ4n) is 1.29. The highest BCUT2D eigenvalue weighted by Gasteiger charge is 1.99. The summed E-state index contributed by atoms with van der Waals surface area (Å²) >= 11 is 1.71. The van der Waals surface area contributed by atoms with Gasteiger partial charge in [0.1, 0.15) is 0 Å². The fraction of sp³-hybridized carbons (Fsp3) is 0.545. The lowest BCUT2D eigenvalue weighted by Gasteiger charge is -2.06. The second kappa shape index (κ2) is 8.13. The van der Waals surface area contributed by atoms with Crippen LogP contribution in [0.3, 0.4) is 0 Å². The molecule has 1 rings (SSSR count). The van der Waals surface area contributed by atoms with E-state index < -0.39 is 0 Å². The van der Waals surface area contributed by atoms with E-state index in [-0.39, 0.29) is 6.03 Å². The van der Waals surface area contributed by atoms with Crippen molar-refractivity contribution in [3.8, 4) is 0 Å². The highest BCUT2D eigenvalue weighted by molar-refractivity contribution is 7.09. The number of thiophene rings is 1. The van der Waals surface area contributed by atoms with E-state index >= 15 is 0 Å². The smallest absolute Gasteiger partial charge is 0.314 e. The third-order valence-electron chi connectivity index (χ3n) is 2.15. The van der Waals surface area contributed by atoms with Gasteiger partial charge >= 0.3 is 6.03 Å². The summed E-state index contributed by atoms with van der Waals surface area (Å²) in [5, 5.41) is 7.66. The first-order valence-electron chi connectivity index (χ1n) is 5.57. The SMILES string of the molecule is NCCCCNC(=O)NCCc1cccs1. The topological polar surface area (TPSA) is 67.1 Å². The Kier molecular flexibility index (Phi) is 6.60. The second-order valence-corrected chi connectivity index (χ2v) is 4.54. The Labute approximate surface area is 100 Å². The number of rotatable bonds is 7. The first-order valence-corrected chi connectivity index (χ1v) is 6.45. The molecule has 0 radical (unpaired) electrons. The molecule has 4 nitrogen and oxygen atoms in total. The molecule has 1 heterocycles. The van der Waals surface area contributed by atoms with E-state index in [1.807, 2.05) is 11.4 Å². The summed E-state index contributed by atoms with van der Waals surface area (Å²) in [6.07, 6.45) is 2.79. The molecule has 90 valence electrons. The summed E-state index contributed by atoms with van der Waals surface area (Å²) in [5.74, 6) is 0. The summed E-state index contributed by atoms with van der Waals surface area (Å²) in [7, 11) is 0. The van der Waals surface area contributed by atoms with Crippen LogP contribution in [0.15, 0.2) is 17.5 Å². The van der Waals surface area contributed by atoms with Crippen molar-refractivity contribution in [2.24, 2.45) is 5.73 Å². The highest BCUT2D eigenvalue weighted by Crippen LogP contribution is 2.07. The maximum atomic E-state index is 11.3. The molecule has 1 aromatic heterocycles. The van der Waals surface area contributed by atoms with Crippen molar-refractivity contribution < 1.29 is 4.79 Å². The quantitative estimate of drug-likeness (QED) is 0.630. The molecule has 0 aliphatic rings. The van der Waals surface area contributed by atoms with Gasteiger partial charge in [-0.15, -0.1) is 11.3 Å². The molecule has 5 heteroatoms. The number of unbranched alkanes of at least 4 members (excludes halogenated alkanes) is 1. The van der Waals surface area contributed by atoms with Crippen LogP contribution in [0.5, 0.6) is 0 Å². The minimum absolute atomic E-state index is 0.0893. The van der Waals surface area contributed by atoms with Crippen molar-refractivity contribution in [2.75, 3.05) is 19.6 Å². The summed E-state index contributed by atoms with van der Waals surface area (Å²) in [4.78, 5) is 12.6. The molecule has 0 unspecified atom stereocenters. The number of nitrogens with one attached hydrogen (secondary N) is 2. The van der Waals surface area contributed by atoms with Gasteiger partial charge < -0.3 is 16.4 Å². The largest absolute Gasteiger partial charge is 0.338 e. The van der Waals surface area contributed by atoms with Crippen LogP contribution in [0.4, 0.5) is 4.79 Å². The molecule has 0 aromatic carbocycles. The Bertz CT molecular complexity index is 287. The van der Waals surface area contributed by atoms with Crippen molar-refractivity contribution in [1.82, 2.24) is 10.6 Å². The van der Waals surface area contributed by atoms with Gasteiger partial charge in [-0.2, -0.15) is 0 Å². The Morgan fingerprint density at radius 3 is 2.81 bits per heavy atom. The van der Waals surface area contributed by atoms with Gasteiger partial charge in [0.05, 0.1) is 0 Å². The maximum absolute atomic E-state index is 11.3. The zero-order valence-corrected chi connectivity index (χ0v) is 10.2. The van der Waals surface area contributed by atoms with Crippen molar-refractivity contribution in [3.05, 3.63) is 22.4 Å². The minimum atomic E-state index is -0.0893.